The number of hydrogen-bond acceptors (Lipinski definition) is 5. The molecule has 1 atom stereocenters. The monoisotopic (exact) mass is 436 g/mol. The fraction of sp³-hybridized carbons (Fsp3) is 0.500. The number of piperidine rings is 1. The van der Waals surface area contributed by atoms with Gasteiger partial charge in [0.05, 0.1) is 11.2 Å². The van der Waals surface area contributed by atoms with Crippen LogP contribution in [0, 0.1) is 6.92 Å². The quantitative estimate of drug-likeness (QED) is 0.687. The first kappa shape index (κ1) is 21.9. The Balaban J connectivity index is 1.67. The van der Waals surface area contributed by atoms with Gasteiger partial charge >= 0.3 is 0 Å². The molecule has 0 radical (unpaired) electrons. The van der Waals surface area contributed by atoms with Crippen molar-refractivity contribution in [1.82, 2.24) is 19.2 Å². The van der Waals surface area contributed by atoms with Gasteiger partial charge in [-0.15, -0.1) is 0 Å². The molecule has 0 aliphatic carbocycles. The standard InChI is InChI=1S/C20H28N4O3S2/c1-16-3-5-18(6-4-16)29(26,27)22-19(9-14-28-2)20(25)23-11-7-17(8-12-23)24-13-10-21-15-24/h3-6,10,13,15,17,19,22H,7-9,11-12,14H2,1-2H3. The summed E-state index contributed by atoms with van der Waals surface area (Å²) in [5.74, 6) is 0.567. The van der Waals surface area contributed by atoms with Crippen molar-refractivity contribution in [3.05, 3.63) is 48.5 Å². The van der Waals surface area contributed by atoms with Crippen molar-refractivity contribution < 1.29 is 13.2 Å². The van der Waals surface area contributed by atoms with E-state index in [1.807, 2.05) is 19.4 Å². The Hall–Kier alpha value is -1.84. The Morgan fingerprint density at radius 2 is 1.97 bits per heavy atom. The van der Waals surface area contributed by atoms with Gasteiger partial charge in [0.2, 0.25) is 15.9 Å². The maximum atomic E-state index is 13.1. The predicted octanol–water partition coefficient (Wildman–Crippen LogP) is 2.46. The lowest BCUT2D eigenvalue weighted by atomic mass is 10.0. The molecule has 1 aromatic heterocycles. The van der Waals surface area contributed by atoms with Crippen molar-refractivity contribution in [3.63, 3.8) is 0 Å². The lowest BCUT2D eigenvalue weighted by molar-refractivity contribution is -0.134. The number of benzene rings is 1. The lowest BCUT2D eigenvalue weighted by Crippen LogP contribution is -2.51. The number of imidazole rings is 1. The molecule has 2 heterocycles. The summed E-state index contributed by atoms with van der Waals surface area (Å²) in [7, 11) is -3.76. The molecule has 7 nitrogen and oxygen atoms in total. The number of hydrogen-bond donors (Lipinski definition) is 1. The molecule has 0 spiro atoms. The molecule has 1 amide bonds. The number of likely N-dealkylation sites (tertiary alicyclic amines) is 1. The molecule has 2 aromatic rings. The van der Waals surface area contributed by atoms with Crippen molar-refractivity contribution in [2.75, 3.05) is 25.1 Å². The molecule has 1 unspecified atom stereocenters. The molecule has 0 saturated carbocycles. The third-order valence-corrected chi connectivity index (χ3v) is 7.39. The maximum absolute atomic E-state index is 13.1. The Kier molecular flexibility index (Phi) is 7.37. The van der Waals surface area contributed by atoms with Crippen molar-refractivity contribution in [1.29, 1.82) is 0 Å². The highest BCUT2D eigenvalue weighted by Gasteiger charge is 2.31. The van der Waals surface area contributed by atoms with E-state index in [1.54, 1.807) is 53.5 Å². The first-order valence-electron chi connectivity index (χ1n) is 9.75. The van der Waals surface area contributed by atoms with E-state index < -0.39 is 16.1 Å². The smallest absolute Gasteiger partial charge is 0.241 e. The van der Waals surface area contributed by atoms with E-state index in [4.69, 9.17) is 0 Å². The summed E-state index contributed by atoms with van der Waals surface area (Å²) in [6.07, 6.45) is 9.59. The summed E-state index contributed by atoms with van der Waals surface area (Å²) < 4.78 is 30.4. The van der Waals surface area contributed by atoms with Gasteiger partial charge in [-0.3, -0.25) is 4.79 Å². The van der Waals surface area contributed by atoms with Crippen LogP contribution in [0.5, 0.6) is 0 Å². The molecule has 1 N–H and O–H groups in total. The lowest BCUT2D eigenvalue weighted by Gasteiger charge is -2.34. The van der Waals surface area contributed by atoms with Gasteiger partial charge in [-0.05, 0) is 50.3 Å². The first-order chi connectivity index (χ1) is 13.9. The second kappa shape index (κ2) is 9.77. The predicted molar refractivity (Wildman–Crippen MR) is 115 cm³/mol. The minimum Gasteiger partial charge on any atom is -0.341 e. The first-order valence-corrected chi connectivity index (χ1v) is 12.6. The second-order valence-electron chi connectivity index (χ2n) is 7.33. The van der Waals surface area contributed by atoms with Gasteiger partial charge in [-0.2, -0.15) is 16.5 Å². The van der Waals surface area contributed by atoms with E-state index >= 15 is 0 Å². The topological polar surface area (TPSA) is 84.3 Å². The Labute approximate surface area is 176 Å². The van der Waals surface area contributed by atoms with Crippen LogP contribution in [-0.4, -0.2) is 59.9 Å². The van der Waals surface area contributed by atoms with Crippen molar-refractivity contribution in [3.8, 4) is 0 Å². The number of sulfonamides is 1. The third kappa shape index (κ3) is 5.61. The number of thioether (sulfide) groups is 1. The van der Waals surface area contributed by atoms with E-state index in [-0.39, 0.29) is 10.8 Å². The molecule has 29 heavy (non-hydrogen) atoms. The molecule has 1 saturated heterocycles. The van der Waals surface area contributed by atoms with Crippen LogP contribution in [0.15, 0.2) is 47.9 Å². The molecule has 158 valence electrons. The summed E-state index contributed by atoms with van der Waals surface area (Å²) in [6.45, 7) is 3.13. The molecular weight excluding hydrogens is 408 g/mol. The molecule has 1 aromatic carbocycles. The molecule has 1 aliphatic heterocycles. The maximum Gasteiger partial charge on any atom is 0.241 e. The second-order valence-corrected chi connectivity index (χ2v) is 10.0. The molecule has 0 bridgehead atoms. The van der Waals surface area contributed by atoms with Crippen LogP contribution in [-0.2, 0) is 14.8 Å². The summed E-state index contributed by atoms with van der Waals surface area (Å²) in [5.41, 5.74) is 0.986. The molecule has 1 fully saturated rings. The minimum absolute atomic E-state index is 0.140. The van der Waals surface area contributed by atoms with Crippen LogP contribution in [0.1, 0.15) is 30.9 Å². The Morgan fingerprint density at radius 3 is 2.55 bits per heavy atom. The minimum atomic E-state index is -3.76. The SMILES string of the molecule is CSCCC(NS(=O)(=O)c1ccc(C)cc1)C(=O)N1CCC(n2ccnc2)CC1. The van der Waals surface area contributed by atoms with E-state index in [2.05, 4.69) is 14.3 Å². The molecular formula is C20H28N4O3S2. The molecule has 1 aliphatic rings. The zero-order chi connectivity index (χ0) is 20.9. The van der Waals surface area contributed by atoms with Gasteiger partial charge in [0.1, 0.15) is 6.04 Å². The van der Waals surface area contributed by atoms with Crippen molar-refractivity contribution in [2.24, 2.45) is 0 Å². The van der Waals surface area contributed by atoms with Gasteiger partial charge in [-0.25, -0.2) is 13.4 Å². The number of rotatable bonds is 8. The van der Waals surface area contributed by atoms with Crippen LogP contribution < -0.4 is 4.72 Å². The van der Waals surface area contributed by atoms with Gasteiger partial charge in [0, 0.05) is 31.5 Å². The zero-order valence-corrected chi connectivity index (χ0v) is 18.5. The highest BCUT2D eigenvalue weighted by atomic mass is 32.2. The summed E-state index contributed by atoms with van der Waals surface area (Å²) in [5, 5.41) is 0. The number of nitrogens with one attached hydrogen (secondary N) is 1. The summed E-state index contributed by atoms with van der Waals surface area (Å²) in [4.78, 5) is 19.2. The van der Waals surface area contributed by atoms with Crippen LogP contribution in [0.4, 0.5) is 0 Å². The molecule has 3 rings (SSSR count). The van der Waals surface area contributed by atoms with Crippen molar-refractivity contribution in [2.45, 2.75) is 43.2 Å². The number of amides is 1. The Bertz CT molecular complexity index is 890. The number of aryl methyl sites for hydroxylation is 1. The normalized spacial score (nSPS) is 16.7. The van der Waals surface area contributed by atoms with E-state index in [1.165, 1.54) is 0 Å². The third-order valence-electron chi connectivity index (χ3n) is 5.26. The largest absolute Gasteiger partial charge is 0.341 e. The van der Waals surface area contributed by atoms with Gasteiger partial charge < -0.3 is 9.47 Å². The van der Waals surface area contributed by atoms with E-state index in [9.17, 15) is 13.2 Å². The van der Waals surface area contributed by atoms with Crippen LogP contribution in [0.25, 0.3) is 0 Å². The zero-order valence-electron chi connectivity index (χ0n) is 16.8. The highest BCUT2D eigenvalue weighted by molar-refractivity contribution is 7.98. The van der Waals surface area contributed by atoms with Crippen LogP contribution in [0.3, 0.4) is 0 Å². The van der Waals surface area contributed by atoms with Crippen molar-refractivity contribution >= 4 is 27.7 Å². The number of carbonyl (C=O) groups is 1. The summed E-state index contributed by atoms with van der Waals surface area (Å²) in [6, 6.07) is 6.24. The number of nitrogens with zero attached hydrogens (tertiary/aromatic N) is 3. The fourth-order valence-corrected chi connectivity index (χ4v) is 5.23. The van der Waals surface area contributed by atoms with Gasteiger partial charge in [-0.1, -0.05) is 17.7 Å². The number of carbonyl (C=O) groups excluding carboxylic acids is 1. The van der Waals surface area contributed by atoms with Crippen LogP contribution in [0.2, 0.25) is 0 Å². The Morgan fingerprint density at radius 1 is 1.28 bits per heavy atom. The number of aromatic nitrogens is 2. The summed E-state index contributed by atoms with van der Waals surface area (Å²) >= 11 is 1.60. The average molecular weight is 437 g/mol. The van der Waals surface area contributed by atoms with E-state index in [0.717, 1.165) is 18.4 Å². The van der Waals surface area contributed by atoms with Gasteiger partial charge in [0.25, 0.3) is 0 Å². The van der Waals surface area contributed by atoms with Crippen LogP contribution >= 0.6 is 11.8 Å². The molecule has 9 heteroatoms. The fourth-order valence-electron chi connectivity index (χ4n) is 3.53. The highest BCUT2D eigenvalue weighted by Crippen LogP contribution is 2.23. The van der Waals surface area contributed by atoms with E-state index in [0.29, 0.717) is 31.3 Å². The average Bonchev–Trinajstić information content (AvgIpc) is 3.26. The van der Waals surface area contributed by atoms with Gasteiger partial charge in [0.15, 0.2) is 0 Å².